The summed E-state index contributed by atoms with van der Waals surface area (Å²) in [6.45, 7) is 0. The Labute approximate surface area is 141 Å². The van der Waals surface area contributed by atoms with E-state index >= 15 is 0 Å². The highest BCUT2D eigenvalue weighted by molar-refractivity contribution is 5.78. The number of nitrogens with zero attached hydrogens (tertiary/aromatic N) is 1. The first kappa shape index (κ1) is 16.4. The van der Waals surface area contributed by atoms with Crippen molar-refractivity contribution in [1.82, 2.24) is 10.3 Å². The molecule has 4 nitrogen and oxygen atoms in total. The number of carbonyl (C=O) groups is 1. The van der Waals surface area contributed by atoms with Crippen molar-refractivity contribution in [3.05, 3.63) is 60.0 Å². The molecular formula is C19H21FN2O2. The molecule has 0 unspecified atom stereocenters. The molecule has 1 aliphatic carbocycles. The Kier molecular flexibility index (Phi) is 5.41. The minimum Gasteiger partial charge on any atom is -0.474 e. The zero-order valence-corrected chi connectivity index (χ0v) is 13.5. The summed E-state index contributed by atoms with van der Waals surface area (Å²) in [6, 6.07) is 11.9. The van der Waals surface area contributed by atoms with Crippen LogP contribution >= 0.6 is 0 Å². The van der Waals surface area contributed by atoms with Crippen molar-refractivity contribution < 1.29 is 13.9 Å². The number of nitrogens with one attached hydrogen (secondary N) is 1. The fraction of sp³-hybridized carbons (Fsp3) is 0.368. The van der Waals surface area contributed by atoms with E-state index < -0.39 is 0 Å². The summed E-state index contributed by atoms with van der Waals surface area (Å²) in [5.74, 6) is 0.349. The van der Waals surface area contributed by atoms with E-state index in [2.05, 4.69) is 10.3 Å². The lowest BCUT2D eigenvalue weighted by molar-refractivity contribution is -0.121. The maximum absolute atomic E-state index is 12.9. The van der Waals surface area contributed by atoms with E-state index in [1.54, 1.807) is 18.3 Å². The van der Waals surface area contributed by atoms with Crippen LogP contribution in [0.2, 0.25) is 0 Å². The second-order valence-corrected chi connectivity index (χ2v) is 6.13. The maximum atomic E-state index is 12.9. The lowest BCUT2D eigenvalue weighted by Gasteiger charge is -2.29. The Hall–Kier alpha value is -2.43. The minimum absolute atomic E-state index is 0.0179. The predicted molar refractivity (Wildman–Crippen MR) is 89.2 cm³/mol. The zero-order chi connectivity index (χ0) is 16.8. The van der Waals surface area contributed by atoms with E-state index in [0.717, 1.165) is 31.2 Å². The highest BCUT2D eigenvalue weighted by atomic mass is 19.1. The van der Waals surface area contributed by atoms with Gasteiger partial charge in [0.25, 0.3) is 0 Å². The minimum atomic E-state index is -0.287. The molecule has 0 aliphatic heterocycles. The summed E-state index contributed by atoms with van der Waals surface area (Å²) in [4.78, 5) is 16.3. The summed E-state index contributed by atoms with van der Waals surface area (Å²) in [6.07, 6.45) is 5.75. The Morgan fingerprint density at radius 3 is 2.54 bits per heavy atom. The second-order valence-electron chi connectivity index (χ2n) is 6.13. The molecule has 0 saturated heterocycles. The number of carbonyl (C=O) groups excluding carboxylic acids is 1. The van der Waals surface area contributed by atoms with Crippen LogP contribution in [0.1, 0.15) is 31.2 Å². The van der Waals surface area contributed by atoms with Crippen molar-refractivity contribution >= 4 is 5.91 Å². The predicted octanol–water partition coefficient (Wildman–Crippen LogP) is 3.27. The lowest BCUT2D eigenvalue weighted by Crippen LogP contribution is -2.40. The Balaban J connectivity index is 1.41. The Morgan fingerprint density at radius 2 is 1.88 bits per heavy atom. The highest BCUT2D eigenvalue weighted by Gasteiger charge is 2.23. The van der Waals surface area contributed by atoms with Crippen LogP contribution < -0.4 is 10.1 Å². The van der Waals surface area contributed by atoms with Crippen molar-refractivity contribution in [3.63, 3.8) is 0 Å². The topological polar surface area (TPSA) is 51.2 Å². The third kappa shape index (κ3) is 4.78. The number of amides is 1. The van der Waals surface area contributed by atoms with E-state index in [9.17, 15) is 9.18 Å². The van der Waals surface area contributed by atoms with Gasteiger partial charge in [0.15, 0.2) is 0 Å². The number of aromatic nitrogens is 1. The van der Waals surface area contributed by atoms with Crippen LogP contribution in [0, 0.1) is 5.82 Å². The molecule has 1 heterocycles. The van der Waals surface area contributed by atoms with Crippen molar-refractivity contribution in [2.75, 3.05) is 0 Å². The molecule has 2 aromatic rings. The van der Waals surface area contributed by atoms with Gasteiger partial charge in [-0.3, -0.25) is 4.79 Å². The van der Waals surface area contributed by atoms with E-state index in [1.165, 1.54) is 12.1 Å². The number of pyridine rings is 1. The second kappa shape index (κ2) is 7.90. The fourth-order valence-corrected chi connectivity index (χ4v) is 2.98. The van der Waals surface area contributed by atoms with Gasteiger partial charge in [-0.25, -0.2) is 9.37 Å². The number of ether oxygens (including phenoxy) is 1. The first-order valence-electron chi connectivity index (χ1n) is 8.30. The molecule has 1 N–H and O–H groups in total. The quantitative estimate of drug-likeness (QED) is 0.916. The lowest BCUT2D eigenvalue weighted by atomic mass is 9.92. The van der Waals surface area contributed by atoms with Crippen LogP contribution in [0.15, 0.2) is 48.7 Å². The molecule has 0 atom stereocenters. The summed E-state index contributed by atoms with van der Waals surface area (Å²) in [5, 5.41) is 3.06. The average molecular weight is 328 g/mol. The van der Waals surface area contributed by atoms with Crippen LogP contribution in [-0.2, 0) is 11.2 Å². The first-order valence-corrected chi connectivity index (χ1v) is 8.30. The third-order valence-corrected chi connectivity index (χ3v) is 4.24. The van der Waals surface area contributed by atoms with Crippen molar-refractivity contribution in [2.45, 2.75) is 44.2 Å². The van der Waals surface area contributed by atoms with Gasteiger partial charge < -0.3 is 10.1 Å². The highest BCUT2D eigenvalue weighted by Crippen LogP contribution is 2.22. The van der Waals surface area contributed by atoms with Gasteiger partial charge in [0.2, 0.25) is 11.8 Å². The van der Waals surface area contributed by atoms with Gasteiger partial charge in [-0.1, -0.05) is 18.2 Å². The molecular weight excluding hydrogens is 307 g/mol. The van der Waals surface area contributed by atoms with Gasteiger partial charge in [-0.2, -0.15) is 0 Å². The molecule has 3 rings (SSSR count). The Bertz CT molecular complexity index is 653. The average Bonchev–Trinajstić information content (AvgIpc) is 2.60. The SMILES string of the molecule is O=C(Cc1ccc(F)cc1)NC1CCC(Oc2ccccn2)CC1. The normalized spacial score (nSPS) is 20.4. The van der Waals surface area contributed by atoms with Crippen molar-refractivity contribution in [3.8, 4) is 5.88 Å². The fourth-order valence-electron chi connectivity index (χ4n) is 2.98. The largest absolute Gasteiger partial charge is 0.474 e. The molecule has 5 heteroatoms. The van der Waals surface area contributed by atoms with Gasteiger partial charge in [-0.05, 0) is 49.4 Å². The van der Waals surface area contributed by atoms with Gasteiger partial charge in [-0.15, -0.1) is 0 Å². The number of rotatable bonds is 5. The molecule has 0 spiro atoms. The number of hydrogen-bond acceptors (Lipinski definition) is 3. The Morgan fingerprint density at radius 1 is 1.12 bits per heavy atom. The molecule has 1 aromatic heterocycles. The van der Waals surface area contributed by atoms with E-state index in [1.807, 2.05) is 18.2 Å². The van der Waals surface area contributed by atoms with Gasteiger partial charge >= 0.3 is 0 Å². The number of benzene rings is 1. The molecule has 24 heavy (non-hydrogen) atoms. The van der Waals surface area contributed by atoms with E-state index in [-0.39, 0.29) is 30.3 Å². The van der Waals surface area contributed by atoms with Crippen LogP contribution in [0.25, 0.3) is 0 Å². The molecule has 1 amide bonds. The molecule has 0 radical (unpaired) electrons. The van der Waals surface area contributed by atoms with E-state index in [4.69, 9.17) is 4.74 Å². The van der Waals surface area contributed by atoms with Crippen LogP contribution in [0.3, 0.4) is 0 Å². The molecule has 126 valence electrons. The monoisotopic (exact) mass is 328 g/mol. The summed E-state index contributed by atoms with van der Waals surface area (Å²) in [7, 11) is 0. The van der Waals surface area contributed by atoms with Crippen LogP contribution in [-0.4, -0.2) is 23.0 Å². The molecule has 1 aromatic carbocycles. The maximum Gasteiger partial charge on any atom is 0.224 e. The van der Waals surface area contributed by atoms with Gasteiger partial charge in [0.1, 0.15) is 11.9 Å². The van der Waals surface area contributed by atoms with Crippen molar-refractivity contribution in [1.29, 1.82) is 0 Å². The molecule has 0 bridgehead atoms. The van der Waals surface area contributed by atoms with Crippen molar-refractivity contribution in [2.24, 2.45) is 0 Å². The van der Waals surface area contributed by atoms with E-state index in [0.29, 0.717) is 5.88 Å². The molecule has 1 fully saturated rings. The summed E-state index contributed by atoms with van der Waals surface area (Å²) in [5.41, 5.74) is 0.820. The summed E-state index contributed by atoms with van der Waals surface area (Å²) < 4.78 is 18.7. The van der Waals surface area contributed by atoms with Crippen LogP contribution in [0.4, 0.5) is 4.39 Å². The first-order chi connectivity index (χ1) is 11.7. The smallest absolute Gasteiger partial charge is 0.224 e. The zero-order valence-electron chi connectivity index (χ0n) is 13.5. The number of hydrogen-bond donors (Lipinski definition) is 1. The van der Waals surface area contributed by atoms with Gasteiger partial charge in [0, 0.05) is 18.3 Å². The standard InChI is InChI=1S/C19H21FN2O2/c20-15-6-4-14(5-7-15)13-18(23)22-16-8-10-17(11-9-16)24-19-3-1-2-12-21-19/h1-7,12,16-17H,8-11,13H2,(H,22,23). The van der Waals surface area contributed by atoms with Crippen LogP contribution in [0.5, 0.6) is 5.88 Å². The van der Waals surface area contributed by atoms with Gasteiger partial charge in [0.05, 0.1) is 6.42 Å². The number of halogens is 1. The third-order valence-electron chi connectivity index (χ3n) is 4.24. The molecule has 1 saturated carbocycles. The summed E-state index contributed by atoms with van der Waals surface area (Å²) >= 11 is 0. The molecule has 1 aliphatic rings.